The summed E-state index contributed by atoms with van der Waals surface area (Å²) < 4.78 is 43.9. The standard InChI is InChI=1S/C6H20N2O12P4.2H2N.Pt/c9-21(10,11)3-7(4-22(12,13)14)1-2-8(5-23(15,16)17)6-24(18,19)20;;;/h1-6H2,(H2,9,10,11)(H2,12,13,14)(H2,15,16,17)(H2,18,19,20);2*1H2;/q;2*-1;+2. The van der Waals surface area contributed by atoms with Gasteiger partial charge in [-0.2, -0.15) is 0 Å². The third kappa shape index (κ3) is 25.1. The van der Waals surface area contributed by atoms with Gasteiger partial charge in [-0.05, 0) is 0 Å². The zero-order valence-electron chi connectivity index (χ0n) is 13.6. The summed E-state index contributed by atoms with van der Waals surface area (Å²) in [5, 5.41) is 0. The van der Waals surface area contributed by atoms with Gasteiger partial charge in [0.05, 0.1) is 0 Å². The first-order valence-electron chi connectivity index (χ1n) is 5.99. The molecule has 0 saturated carbocycles. The molecule has 0 rings (SSSR count). The van der Waals surface area contributed by atoms with Crippen molar-refractivity contribution < 1.29 is 78.5 Å². The van der Waals surface area contributed by atoms with Crippen LogP contribution in [-0.4, -0.2) is 87.2 Å². The molecule has 21 heteroatoms. The van der Waals surface area contributed by atoms with Gasteiger partial charge in [-0.3, -0.25) is 28.1 Å². The first kappa shape index (κ1) is 35.6. The molecule has 0 aliphatic carbocycles. The fourth-order valence-electron chi connectivity index (χ4n) is 1.70. The van der Waals surface area contributed by atoms with Crippen molar-refractivity contribution in [1.82, 2.24) is 9.80 Å². The van der Waals surface area contributed by atoms with Gasteiger partial charge >= 0.3 is 51.4 Å². The molecule has 0 aromatic rings. The largest absolute Gasteiger partial charge is 2.00 e. The molecule has 0 atom stereocenters. The molecule has 0 aromatic carbocycles. The third-order valence-corrected chi connectivity index (χ3v) is 5.34. The van der Waals surface area contributed by atoms with E-state index < -0.39 is 68.6 Å². The van der Waals surface area contributed by atoms with E-state index in [9.17, 15) is 18.3 Å². The SMILES string of the molecule is O=P(O)(O)CN(CCN(CP(=O)(O)O)CP(=O)(O)O)CP(=O)(O)O.[NH2-].[NH2-].[Pt+2]. The predicted molar refractivity (Wildman–Crippen MR) is 91.6 cm³/mol. The van der Waals surface area contributed by atoms with Gasteiger partial charge in [0, 0.05) is 13.1 Å². The Morgan fingerprint density at radius 2 is 0.630 bits per heavy atom. The molecular weight excluding hydrogens is 639 g/mol. The third-order valence-electron chi connectivity index (χ3n) is 2.27. The molecule has 0 amide bonds. The van der Waals surface area contributed by atoms with E-state index >= 15 is 0 Å². The maximum Gasteiger partial charge on any atom is 2.00 e. The Hall–Kier alpha value is 1.13. The smallest absolute Gasteiger partial charge is 0.693 e. The van der Waals surface area contributed by atoms with Crippen molar-refractivity contribution in [2.75, 3.05) is 38.2 Å². The van der Waals surface area contributed by atoms with Crippen molar-refractivity contribution in [1.29, 1.82) is 0 Å². The Labute approximate surface area is 169 Å². The van der Waals surface area contributed by atoms with Crippen LogP contribution in [0.4, 0.5) is 0 Å². The minimum Gasteiger partial charge on any atom is -0.693 e. The Balaban J connectivity index is -0.000000882. The molecule has 27 heavy (non-hydrogen) atoms. The summed E-state index contributed by atoms with van der Waals surface area (Å²) in [5.74, 6) is 0. The molecule has 170 valence electrons. The molecular formula is C6H24N4O12P4Pt. The van der Waals surface area contributed by atoms with Gasteiger partial charge in [-0.1, -0.05) is 0 Å². The van der Waals surface area contributed by atoms with Crippen LogP contribution in [0.1, 0.15) is 0 Å². The molecule has 0 spiro atoms. The Bertz CT molecular complexity index is 499. The van der Waals surface area contributed by atoms with Crippen LogP contribution >= 0.6 is 30.4 Å². The minimum atomic E-state index is -4.69. The van der Waals surface area contributed by atoms with Gasteiger partial charge in [0.2, 0.25) is 0 Å². The molecule has 0 radical (unpaired) electrons. The van der Waals surface area contributed by atoms with Crippen LogP contribution in [0, 0.1) is 0 Å². The van der Waals surface area contributed by atoms with Crippen molar-refractivity contribution >= 4 is 30.4 Å². The molecule has 16 nitrogen and oxygen atoms in total. The normalized spacial score (nSPS) is 13.0. The Morgan fingerprint density at radius 3 is 0.741 bits per heavy atom. The number of hydrogen-bond donors (Lipinski definition) is 8. The fourth-order valence-corrected chi connectivity index (χ4v) is 5.06. The zero-order valence-corrected chi connectivity index (χ0v) is 19.5. The van der Waals surface area contributed by atoms with Crippen LogP contribution in [0.25, 0.3) is 12.3 Å². The van der Waals surface area contributed by atoms with E-state index in [-0.39, 0.29) is 33.4 Å². The summed E-state index contributed by atoms with van der Waals surface area (Å²) in [7, 11) is -18.8. The number of hydrogen-bond acceptors (Lipinski definition) is 6. The molecule has 0 bridgehead atoms. The van der Waals surface area contributed by atoms with Gasteiger partial charge in [0.15, 0.2) is 0 Å². The van der Waals surface area contributed by atoms with Gasteiger partial charge in [0.25, 0.3) is 0 Å². The van der Waals surface area contributed by atoms with E-state index in [4.69, 9.17) is 39.1 Å². The van der Waals surface area contributed by atoms with Crippen molar-refractivity contribution in [2.24, 2.45) is 0 Å². The van der Waals surface area contributed by atoms with E-state index in [1.54, 1.807) is 0 Å². The second-order valence-electron chi connectivity index (χ2n) is 5.01. The van der Waals surface area contributed by atoms with E-state index in [0.29, 0.717) is 9.80 Å². The van der Waals surface area contributed by atoms with Gasteiger partial charge in [-0.15, -0.1) is 0 Å². The Morgan fingerprint density at radius 1 is 0.481 bits per heavy atom. The van der Waals surface area contributed by atoms with Crippen molar-refractivity contribution in [2.45, 2.75) is 0 Å². The van der Waals surface area contributed by atoms with E-state index in [1.807, 2.05) is 0 Å². The summed E-state index contributed by atoms with van der Waals surface area (Å²) >= 11 is 0. The van der Waals surface area contributed by atoms with Gasteiger partial charge < -0.3 is 51.4 Å². The summed E-state index contributed by atoms with van der Waals surface area (Å²) in [6, 6.07) is 0. The second kappa shape index (κ2) is 13.4. The van der Waals surface area contributed by atoms with Gasteiger partial charge in [0.1, 0.15) is 25.1 Å². The minimum absolute atomic E-state index is 0. The average molecular weight is 663 g/mol. The van der Waals surface area contributed by atoms with Crippen molar-refractivity contribution in [3.05, 3.63) is 12.3 Å². The predicted octanol–water partition coefficient (Wildman–Crippen LogP) is -0.437. The van der Waals surface area contributed by atoms with Crippen molar-refractivity contribution in [3.63, 3.8) is 0 Å². The zero-order chi connectivity index (χ0) is 19.4. The number of nitrogens with two attached hydrogens (primary N) is 2. The van der Waals surface area contributed by atoms with Crippen LogP contribution in [0.3, 0.4) is 0 Å². The molecule has 0 fully saturated rings. The summed E-state index contributed by atoms with van der Waals surface area (Å²) in [4.78, 5) is 72.3. The molecule has 0 heterocycles. The molecule has 0 aliphatic rings. The van der Waals surface area contributed by atoms with Crippen LogP contribution in [-0.2, 0) is 39.3 Å². The van der Waals surface area contributed by atoms with Crippen LogP contribution in [0.5, 0.6) is 0 Å². The molecule has 0 aromatic heterocycles. The summed E-state index contributed by atoms with van der Waals surface area (Å²) in [6.07, 6.45) is -4.18. The van der Waals surface area contributed by atoms with Crippen LogP contribution < -0.4 is 0 Å². The maximum atomic E-state index is 11.0. The first-order valence-corrected chi connectivity index (χ1v) is 13.2. The summed E-state index contributed by atoms with van der Waals surface area (Å²) in [6.45, 7) is -1.01. The first-order chi connectivity index (χ1) is 10.4. The summed E-state index contributed by atoms with van der Waals surface area (Å²) in [5.41, 5.74) is 0. The molecule has 0 saturated heterocycles. The molecule has 12 N–H and O–H groups in total. The van der Waals surface area contributed by atoms with Crippen LogP contribution in [0.15, 0.2) is 0 Å². The quantitative estimate of drug-likeness (QED) is 0.130. The maximum absolute atomic E-state index is 11.0. The fraction of sp³-hybridized carbons (Fsp3) is 1.00. The monoisotopic (exact) mass is 663 g/mol. The average Bonchev–Trinajstić information content (AvgIpc) is 2.16. The Kier molecular flexibility index (Phi) is 17.7. The van der Waals surface area contributed by atoms with E-state index in [2.05, 4.69) is 0 Å². The van der Waals surface area contributed by atoms with Gasteiger partial charge in [-0.25, -0.2) is 0 Å². The second-order valence-corrected chi connectivity index (χ2v) is 11.5. The number of nitrogens with zero attached hydrogens (tertiary/aromatic N) is 2. The molecule has 0 aliphatic heterocycles. The topological polar surface area (TPSA) is 304 Å². The number of rotatable bonds is 11. The van der Waals surface area contributed by atoms with Crippen LogP contribution in [0.2, 0.25) is 0 Å². The molecule has 0 unspecified atom stereocenters. The van der Waals surface area contributed by atoms with E-state index in [0.717, 1.165) is 0 Å². The van der Waals surface area contributed by atoms with E-state index in [1.165, 1.54) is 0 Å². The van der Waals surface area contributed by atoms with Crippen molar-refractivity contribution in [3.8, 4) is 0 Å².